The highest BCUT2D eigenvalue weighted by Crippen LogP contribution is 2.43. The van der Waals surface area contributed by atoms with Crippen LogP contribution in [0.4, 0.5) is 0 Å². The van der Waals surface area contributed by atoms with Gasteiger partial charge >= 0.3 is 0 Å². The predicted octanol–water partition coefficient (Wildman–Crippen LogP) is 4.58. The number of hydrogen-bond acceptors (Lipinski definition) is 10. The zero-order chi connectivity index (χ0) is 28.6. The van der Waals surface area contributed by atoms with E-state index in [-0.39, 0.29) is 13.2 Å². The molecule has 3 heterocycles. The summed E-state index contributed by atoms with van der Waals surface area (Å²) in [6.45, 7) is 11.5. The molecule has 0 atom stereocenters. The number of nitrogens with zero attached hydrogens (tertiary/aromatic N) is 4. The zero-order valence-electron chi connectivity index (χ0n) is 23.7. The standard InChI is InChI=1S/C31H42N4O3S3/c36-18-4-8-32-10-14-34(15-11-32)22-26-20-25(30-28(31(39)41-40-30)24-6-2-1-3-7-24)21-27(29(26)38)23-35-16-12-33(13-17-35)9-5-19-37/h1-3,6-7,20-21,36-38H,4-5,8-19,22-23H2. The van der Waals surface area contributed by atoms with Crippen LogP contribution in [0.2, 0.25) is 0 Å². The summed E-state index contributed by atoms with van der Waals surface area (Å²) in [5.74, 6) is 0.416. The van der Waals surface area contributed by atoms with E-state index >= 15 is 0 Å². The third-order valence-electron chi connectivity index (χ3n) is 8.21. The van der Waals surface area contributed by atoms with Gasteiger partial charge in [0.25, 0.3) is 0 Å². The normalized spacial score (nSPS) is 17.8. The maximum Gasteiger partial charge on any atom is 0.124 e. The number of aliphatic hydroxyl groups is 2. The fourth-order valence-corrected chi connectivity index (χ4v) is 8.75. The molecular weight excluding hydrogens is 573 g/mol. The van der Waals surface area contributed by atoms with Crippen molar-refractivity contribution in [3.05, 3.63) is 57.4 Å². The van der Waals surface area contributed by atoms with Crippen molar-refractivity contribution in [2.24, 2.45) is 0 Å². The highest BCUT2D eigenvalue weighted by molar-refractivity contribution is 7.80. The van der Waals surface area contributed by atoms with Gasteiger partial charge in [0.05, 0.1) is 4.88 Å². The molecule has 0 saturated carbocycles. The molecule has 2 fully saturated rings. The Labute approximate surface area is 256 Å². The van der Waals surface area contributed by atoms with Crippen LogP contribution in [0.1, 0.15) is 24.0 Å². The Kier molecular flexibility index (Phi) is 11.3. The molecule has 2 aromatic carbocycles. The first-order valence-corrected chi connectivity index (χ1v) is 17.3. The lowest BCUT2D eigenvalue weighted by Crippen LogP contribution is -2.46. The van der Waals surface area contributed by atoms with Crippen molar-refractivity contribution in [1.29, 1.82) is 0 Å². The molecule has 1 aromatic heterocycles. The molecule has 10 heteroatoms. The first-order chi connectivity index (χ1) is 20.1. The number of piperazine rings is 2. The molecule has 0 amide bonds. The smallest absolute Gasteiger partial charge is 0.124 e. The summed E-state index contributed by atoms with van der Waals surface area (Å²) >= 11 is 5.81. The van der Waals surface area contributed by atoms with Gasteiger partial charge in [-0.05, 0) is 36.1 Å². The van der Waals surface area contributed by atoms with Crippen molar-refractivity contribution < 1.29 is 15.3 Å². The Morgan fingerprint density at radius 2 is 1.15 bits per heavy atom. The minimum atomic E-state index is 0.238. The van der Waals surface area contributed by atoms with E-state index in [0.717, 1.165) is 110 Å². The van der Waals surface area contributed by atoms with Gasteiger partial charge in [0.15, 0.2) is 0 Å². The fourth-order valence-electron chi connectivity index (χ4n) is 5.85. The fraction of sp³-hybridized carbons (Fsp3) is 0.516. The van der Waals surface area contributed by atoms with E-state index in [0.29, 0.717) is 18.8 Å². The first-order valence-electron chi connectivity index (χ1n) is 14.7. The van der Waals surface area contributed by atoms with E-state index in [1.165, 1.54) is 4.88 Å². The van der Waals surface area contributed by atoms with Gasteiger partial charge in [0, 0.05) is 108 Å². The Hall–Kier alpha value is -1.73. The van der Waals surface area contributed by atoms with Crippen molar-refractivity contribution >= 4 is 32.9 Å². The molecule has 3 N–H and O–H groups in total. The van der Waals surface area contributed by atoms with Gasteiger partial charge in [0.2, 0.25) is 0 Å². The average molecular weight is 615 g/mol. The van der Waals surface area contributed by atoms with E-state index < -0.39 is 0 Å². The molecule has 3 aromatic rings. The molecule has 0 unspecified atom stereocenters. The Morgan fingerprint density at radius 1 is 0.659 bits per heavy atom. The molecule has 5 rings (SSSR count). The molecule has 2 saturated heterocycles. The van der Waals surface area contributed by atoms with Crippen LogP contribution < -0.4 is 0 Å². The van der Waals surface area contributed by atoms with E-state index in [2.05, 4.69) is 56.0 Å². The highest BCUT2D eigenvalue weighted by atomic mass is 32.9. The summed E-state index contributed by atoms with van der Waals surface area (Å²) in [6.07, 6.45) is 1.64. The molecular formula is C31H42N4O3S3. The van der Waals surface area contributed by atoms with Crippen LogP contribution in [0.5, 0.6) is 5.75 Å². The average Bonchev–Trinajstić information content (AvgIpc) is 3.40. The summed E-state index contributed by atoms with van der Waals surface area (Å²) in [7, 11) is 3.38. The van der Waals surface area contributed by atoms with E-state index in [4.69, 9.17) is 12.2 Å². The Balaban J connectivity index is 1.41. The predicted molar refractivity (Wildman–Crippen MR) is 172 cm³/mol. The van der Waals surface area contributed by atoms with Crippen LogP contribution in [-0.4, -0.2) is 114 Å². The maximum atomic E-state index is 11.6. The zero-order valence-corrected chi connectivity index (χ0v) is 26.2. The third kappa shape index (κ3) is 8.01. The SMILES string of the molecule is OCCCN1CCN(Cc2cc(-c3ssc(=S)c3-c3ccccc3)cc(CN3CCN(CCCO)CC3)c2O)CC1. The lowest BCUT2D eigenvalue weighted by atomic mass is 9.98. The quantitative estimate of drug-likeness (QED) is 0.202. The van der Waals surface area contributed by atoms with Gasteiger partial charge in [-0.25, -0.2) is 0 Å². The van der Waals surface area contributed by atoms with Crippen LogP contribution in [0.15, 0.2) is 42.5 Å². The summed E-state index contributed by atoms with van der Waals surface area (Å²) in [5, 5.41) is 30.0. The first kappa shape index (κ1) is 30.7. The molecule has 0 radical (unpaired) electrons. The van der Waals surface area contributed by atoms with Crippen molar-refractivity contribution in [3.8, 4) is 27.3 Å². The van der Waals surface area contributed by atoms with Gasteiger partial charge in [-0.2, -0.15) is 0 Å². The summed E-state index contributed by atoms with van der Waals surface area (Å²) in [4.78, 5) is 10.9. The highest BCUT2D eigenvalue weighted by Gasteiger charge is 2.23. The summed E-state index contributed by atoms with van der Waals surface area (Å²) < 4.78 is 0.908. The van der Waals surface area contributed by atoms with Crippen molar-refractivity contribution in [3.63, 3.8) is 0 Å². The van der Waals surface area contributed by atoms with Gasteiger partial charge in [0.1, 0.15) is 9.57 Å². The Bertz CT molecular complexity index is 1250. The summed E-state index contributed by atoms with van der Waals surface area (Å²) in [6, 6.07) is 14.8. The minimum Gasteiger partial charge on any atom is -0.507 e. The van der Waals surface area contributed by atoms with Crippen LogP contribution in [0.3, 0.4) is 0 Å². The number of benzene rings is 2. The van der Waals surface area contributed by atoms with Gasteiger partial charge in [-0.3, -0.25) is 9.80 Å². The summed E-state index contributed by atoms with van der Waals surface area (Å²) in [5.41, 5.74) is 5.34. The molecule has 0 aliphatic carbocycles. The maximum absolute atomic E-state index is 11.6. The van der Waals surface area contributed by atoms with E-state index in [1.54, 1.807) is 20.7 Å². The van der Waals surface area contributed by atoms with E-state index in [9.17, 15) is 15.3 Å². The number of aromatic hydroxyl groups is 1. The lowest BCUT2D eigenvalue weighted by Gasteiger charge is -2.35. The topological polar surface area (TPSA) is 73.7 Å². The van der Waals surface area contributed by atoms with Crippen molar-refractivity contribution in [2.75, 3.05) is 78.7 Å². The van der Waals surface area contributed by atoms with Gasteiger partial charge in [-0.15, -0.1) is 0 Å². The number of hydrogen-bond donors (Lipinski definition) is 3. The number of phenolic OH excluding ortho intramolecular Hbond substituents is 1. The van der Waals surface area contributed by atoms with Crippen molar-refractivity contribution in [2.45, 2.75) is 25.9 Å². The number of aliphatic hydroxyl groups excluding tert-OH is 2. The van der Waals surface area contributed by atoms with Crippen LogP contribution >= 0.6 is 32.9 Å². The van der Waals surface area contributed by atoms with Crippen LogP contribution in [0.25, 0.3) is 21.6 Å². The molecule has 2 aliphatic heterocycles. The molecule has 2 aliphatic rings. The van der Waals surface area contributed by atoms with Crippen molar-refractivity contribution in [1.82, 2.24) is 19.6 Å². The third-order valence-corrected chi connectivity index (χ3v) is 11.3. The minimum absolute atomic E-state index is 0.238. The van der Waals surface area contributed by atoms with Crippen LogP contribution in [0, 0.1) is 3.82 Å². The number of rotatable bonds is 12. The molecule has 41 heavy (non-hydrogen) atoms. The lowest BCUT2D eigenvalue weighted by molar-refractivity contribution is 0.117. The molecule has 7 nitrogen and oxygen atoms in total. The Morgan fingerprint density at radius 3 is 1.63 bits per heavy atom. The number of phenols is 1. The van der Waals surface area contributed by atoms with Gasteiger partial charge < -0.3 is 25.1 Å². The second kappa shape index (κ2) is 15.1. The largest absolute Gasteiger partial charge is 0.507 e. The molecule has 222 valence electrons. The monoisotopic (exact) mass is 614 g/mol. The second-order valence-electron chi connectivity index (χ2n) is 11.1. The van der Waals surface area contributed by atoms with E-state index in [1.807, 2.05) is 6.07 Å². The second-order valence-corrected chi connectivity index (χ2v) is 13.9. The molecule has 0 spiro atoms. The van der Waals surface area contributed by atoms with Gasteiger partial charge in [-0.1, -0.05) is 63.2 Å². The van der Waals surface area contributed by atoms with Crippen LogP contribution in [-0.2, 0) is 13.1 Å². The molecule has 0 bridgehead atoms.